The molecule has 0 aliphatic rings. The molecule has 0 heterocycles. The van der Waals surface area contributed by atoms with Crippen LogP contribution < -0.4 is 10.6 Å². The molecule has 0 saturated heterocycles. The molecule has 106 valence electrons. The van der Waals surface area contributed by atoms with E-state index in [2.05, 4.69) is 31.4 Å². The molecule has 0 aromatic heterocycles. The van der Waals surface area contributed by atoms with Gasteiger partial charge in [-0.05, 0) is 23.5 Å². The second kappa shape index (κ2) is 7.14. The molecule has 0 aliphatic heterocycles. The fourth-order valence-corrected chi connectivity index (χ4v) is 1.83. The van der Waals surface area contributed by atoms with Crippen molar-refractivity contribution in [3.8, 4) is 0 Å². The third-order valence-electron chi connectivity index (χ3n) is 2.79. The van der Waals surface area contributed by atoms with Crippen molar-refractivity contribution in [1.29, 1.82) is 0 Å². The number of methoxy groups -OCH3 is 1. The Labute approximate surface area is 115 Å². The number of benzene rings is 1. The Hall–Kier alpha value is -1.55. The van der Waals surface area contributed by atoms with Crippen molar-refractivity contribution in [3.05, 3.63) is 29.8 Å². The SMILES string of the molecule is COCCCNC(=O)Nc1ccccc1C(C)(C)C. The topological polar surface area (TPSA) is 50.4 Å². The molecule has 1 aromatic rings. The van der Waals surface area contributed by atoms with Crippen LogP contribution in [0.1, 0.15) is 32.8 Å². The van der Waals surface area contributed by atoms with Crippen LogP contribution in [0, 0.1) is 0 Å². The summed E-state index contributed by atoms with van der Waals surface area (Å²) >= 11 is 0. The molecule has 0 spiro atoms. The van der Waals surface area contributed by atoms with E-state index in [0.717, 1.165) is 17.7 Å². The monoisotopic (exact) mass is 264 g/mol. The second-order valence-electron chi connectivity index (χ2n) is 5.52. The number of anilines is 1. The molecule has 2 amide bonds. The smallest absolute Gasteiger partial charge is 0.319 e. The van der Waals surface area contributed by atoms with Crippen LogP contribution in [0.25, 0.3) is 0 Å². The molecule has 0 fully saturated rings. The van der Waals surface area contributed by atoms with E-state index in [1.54, 1.807) is 7.11 Å². The number of carbonyl (C=O) groups is 1. The summed E-state index contributed by atoms with van der Waals surface area (Å²) in [6.45, 7) is 7.65. The van der Waals surface area contributed by atoms with E-state index in [1.807, 2.05) is 24.3 Å². The summed E-state index contributed by atoms with van der Waals surface area (Å²) in [5.74, 6) is 0. The highest BCUT2D eigenvalue weighted by Crippen LogP contribution is 2.28. The molecule has 0 atom stereocenters. The summed E-state index contributed by atoms with van der Waals surface area (Å²) in [5.41, 5.74) is 1.99. The Kier molecular flexibility index (Phi) is 5.83. The van der Waals surface area contributed by atoms with Crippen molar-refractivity contribution in [2.24, 2.45) is 0 Å². The van der Waals surface area contributed by atoms with Crippen LogP contribution in [0.3, 0.4) is 0 Å². The predicted octanol–water partition coefficient (Wildman–Crippen LogP) is 3.14. The van der Waals surface area contributed by atoms with Crippen LogP contribution in [-0.4, -0.2) is 26.3 Å². The summed E-state index contributed by atoms with van der Waals surface area (Å²) in [7, 11) is 1.65. The molecule has 0 unspecified atom stereocenters. The van der Waals surface area contributed by atoms with E-state index in [0.29, 0.717) is 13.2 Å². The lowest BCUT2D eigenvalue weighted by molar-refractivity contribution is 0.194. The fourth-order valence-electron chi connectivity index (χ4n) is 1.83. The minimum atomic E-state index is -0.173. The van der Waals surface area contributed by atoms with Gasteiger partial charge >= 0.3 is 6.03 Å². The van der Waals surface area contributed by atoms with Crippen molar-refractivity contribution in [1.82, 2.24) is 5.32 Å². The Morgan fingerprint density at radius 2 is 1.95 bits per heavy atom. The zero-order valence-corrected chi connectivity index (χ0v) is 12.2. The molecule has 1 rings (SSSR count). The Balaban J connectivity index is 2.59. The van der Waals surface area contributed by atoms with Gasteiger partial charge in [-0.15, -0.1) is 0 Å². The molecule has 19 heavy (non-hydrogen) atoms. The maximum Gasteiger partial charge on any atom is 0.319 e. The van der Waals surface area contributed by atoms with Gasteiger partial charge in [0.15, 0.2) is 0 Å². The molecule has 0 bridgehead atoms. The highest BCUT2D eigenvalue weighted by Gasteiger charge is 2.18. The third-order valence-corrected chi connectivity index (χ3v) is 2.79. The van der Waals surface area contributed by atoms with Gasteiger partial charge < -0.3 is 15.4 Å². The van der Waals surface area contributed by atoms with Crippen molar-refractivity contribution in [3.63, 3.8) is 0 Å². The summed E-state index contributed by atoms with van der Waals surface area (Å²) in [5, 5.41) is 5.72. The molecule has 0 aliphatic carbocycles. The number of carbonyl (C=O) groups excluding carboxylic acids is 1. The number of rotatable bonds is 5. The average molecular weight is 264 g/mol. The molecule has 2 N–H and O–H groups in total. The highest BCUT2D eigenvalue weighted by molar-refractivity contribution is 5.90. The molecular weight excluding hydrogens is 240 g/mol. The molecule has 4 nitrogen and oxygen atoms in total. The first-order valence-corrected chi connectivity index (χ1v) is 6.58. The summed E-state index contributed by atoms with van der Waals surface area (Å²) in [4.78, 5) is 11.8. The van der Waals surface area contributed by atoms with Crippen molar-refractivity contribution in [2.45, 2.75) is 32.6 Å². The lowest BCUT2D eigenvalue weighted by Crippen LogP contribution is -2.31. The number of hydrogen-bond acceptors (Lipinski definition) is 2. The van der Waals surface area contributed by atoms with Crippen LogP contribution in [0.5, 0.6) is 0 Å². The highest BCUT2D eigenvalue weighted by atomic mass is 16.5. The van der Waals surface area contributed by atoms with Crippen LogP contribution in [-0.2, 0) is 10.2 Å². The fraction of sp³-hybridized carbons (Fsp3) is 0.533. The first-order chi connectivity index (χ1) is 8.95. The van der Waals surface area contributed by atoms with Crippen molar-refractivity contribution >= 4 is 11.7 Å². The van der Waals surface area contributed by atoms with Gasteiger partial charge in [-0.25, -0.2) is 4.79 Å². The summed E-state index contributed by atoms with van der Waals surface area (Å²) < 4.78 is 4.93. The van der Waals surface area contributed by atoms with E-state index in [9.17, 15) is 4.79 Å². The zero-order chi connectivity index (χ0) is 14.3. The predicted molar refractivity (Wildman–Crippen MR) is 78.7 cm³/mol. The number of para-hydroxylation sites is 1. The van der Waals surface area contributed by atoms with E-state index in [1.165, 1.54) is 0 Å². The van der Waals surface area contributed by atoms with Gasteiger partial charge in [0.25, 0.3) is 0 Å². The Bertz CT molecular complexity index is 411. The van der Waals surface area contributed by atoms with Gasteiger partial charge in [0.05, 0.1) is 0 Å². The maximum absolute atomic E-state index is 11.8. The summed E-state index contributed by atoms with van der Waals surface area (Å²) in [6, 6.07) is 7.71. The van der Waals surface area contributed by atoms with Gasteiger partial charge in [0.1, 0.15) is 0 Å². The van der Waals surface area contributed by atoms with Gasteiger partial charge in [-0.2, -0.15) is 0 Å². The second-order valence-corrected chi connectivity index (χ2v) is 5.52. The average Bonchev–Trinajstić information content (AvgIpc) is 2.34. The van der Waals surface area contributed by atoms with E-state index in [4.69, 9.17) is 4.74 Å². The lowest BCUT2D eigenvalue weighted by Gasteiger charge is -2.23. The third kappa shape index (κ3) is 5.30. The number of hydrogen-bond donors (Lipinski definition) is 2. The number of nitrogens with one attached hydrogen (secondary N) is 2. The minimum absolute atomic E-state index is 0.0000755. The van der Waals surface area contributed by atoms with Gasteiger partial charge in [0.2, 0.25) is 0 Å². The summed E-state index contributed by atoms with van der Waals surface area (Å²) in [6.07, 6.45) is 0.810. The molecule has 0 saturated carbocycles. The maximum atomic E-state index is 11.8. The largest absolute Gasteiger partial charge is 0.385 e. The van der Waals surface area contributed by atoms with Gasteiger partial charge in [0, 0.05) is 25.9 Å². The first-order valence-electron chi connectivity index (χ1n) is 6.58. The van der Waals surface area contributed by atoms with Gasteiger partial charge in [-0.3, -0.25) is 0 Å². The van der Waals surface area contributed by atoms with Gasteiger partial charge in [-0.1, -0.05) is 39.0 Å². The standard InChI is InChI=1S/C15H24N2O2/c1-15(2,3)12-8-5-6-9-13(12)17-14(18)16-10-7-11-19-4/h5-6,8-9H,7,10-11H2,1-4H3,(H2,16,17,18). The minimum Gasteiger partial charge on any atom is -0.385 e. The van der Waals surface area contributed by atoms with E-state index in [-0.39, 0.29) is 11.4 Å². The van der Waals surface area contributed by atoms with Crippen LogP contribution in [0.15, 0.2) is 24.3 Å². The van der Waals surface area contributed by atoms with Crippen LogP contribution in [0.2, 0.25) is 0 Å². The molecular formula is C15H24N2O2. The number of amides is 2. The normalized spacial score (nSPS) is 11.2. The molecule has 0 radical (unpaired) electrons. The van der Waals surface area contributed by atoms with Crippen molar-refractivity contribution in [2.75, 3.05) is 25.6 Å². The van der Waals surface area contributed by atoms with Crippen LogP contribution >= 0.6 is 0 Å². The Morgan fingerprint density at radius 3 is 2.58 bits per heavy atom. The Morgan fingerprint density at radius 1 is 1.26 bits per heavy atom. The first kappa shape index (κ1) is 15.5. The molecule has 4 heteroatoms. The lowest BCUT2D eigenvalue weighted by atomic mass is 9.86. The zero-order valence-electron chi connectivity index (χ0n) is 12.2. The van der Waals surface area contributed by atoms with Crippen molar-refractivity contribution < 1.29 is 9.53 Å². The van der Waals surface area contributed by atoms with E-state index >= 15 is 0 Å². The number of urea groups is 1. The van der Waals surface area contributed by atoms with E-state index < -0.39 is 0 Å². The molecule has 1 aromatic carbocycles. The van der Waals surface area contributed by atoms with Crippen LogP contribution in [0.4, 0.5) is 10.5 Å². The quantitative estimate of drug-likeness (QED) is 0.803. The number of ether oxygens (including phenoxy) is 1.